The number of hydrogen-bond acceptors (Lipinski definition) is 5. The van der Waals surface area contributed by atoms with Crippen molar-refractivity contribution in [3.05, 3.63) is 78.1 Å². The minimum Gasteiger partial charge on any atom is -0.336 e. The quantitative estimate of drug-likeness (QED) is 0.618. The molecule has 1 amide bonds. The molecule has 2 aromatic carbocycles. The molecule has 1 aromatic heterocycles. The van der Waals surface area contributed by atoms with Gasteiger partial charge in [-0.1, -0.05) is 30.3 Å². The van der Waals surface area contributed by atoms with Crippen LogP contribution in [0.1, 0.15) is 10.4 Å². The molecule has 0 radical (unpaired) electrons. The lowest BCUT2D eigenvalue weighted by atomic mass is 10.2. The van der Waals surface area contributed by atoms with Crippen molar-refractivity contribution in [3.63, 3.8) is 0 Å². The predicted molar refractivity (Wildman–Crippen MR) is 108 cm³/mol. The van der Waals surface area contributed by atoms with Gasteiger partial charge in [-0.3, -0.25) is 4.79 Å². The molecule has 0 N–H and O–H groups in total. The molecule has 1 fully saturated rings. The van der Waals surface area contributed by atoms with Crippen LogP contribution in [0.3, 0.4) is 0 Å². The van der Waals surface area contributed by atoms with E-state index in [1.165, 1.54) is 17.3 Å². The lowest BCUT2D eigenvalue weighted by Gasteiger charge is -2.34. The summed E-state index contributed by atoms with van der Waals surface area (Å²) >= 11 is 0. The van der Waals surface area contributed by atoms with Crippen molar-refractivity contribution >= 4 is 15.9 Å². The third-order valence-electron chi connectivity index (χ3n) is 4.97. The summed E-state index contributed by atoms with van der Waals surface area (Å²) in [5.74, 6) is -1.82. The van der Waals surface area contributed by atoms with Gasteiger partial charge in [-0.15, -0.1) is 0 Å². The zero-order chi connectivity index (χ0) is 22.0. The number of amides is 1. The highest BCUT2D eigenvalue weighted by atomic mass is 32.2. The maximum absolute atomic E-state index is 14.0. The van der Waals surface area contributed by atoms with Crippen LogP contribution in [-0.2, 0) is 10.0 Å². The Morgan fingerprint density at radius 3 is 2.16 bits per heavy atom. The number of piperazine rings is 1. The first-order chi connectivity index (χ1) is 14.9. The summed E-state index contributed by atoms with van der Waals surface area (Å²) in [6, 6.07) is 11.7. The molecule has 1 aliphatic rings. The zero-order valence-corrected chi connectivity index (χ0v) is 17.1. The maximum Gasteiger partial charge on any atom is 0.257 e. The molecular formula is C21H18F2N4O3S. The Kier molecular flexibility index (Phi) is 5.75. The van der Waals surface area contributed by atoms with Gasteiger partial charge in [-0.2, -0.15) is 4.31 Å². The van der Waals surface area contributed by atoms with Crippen LogP contribution in [0.2, 0.25) is 0 Å². The molecule has 31 heavy (non-hydrogen) atoms. The van der Waals surface area contributed by atoms with Gasteiger partial charge in [0.05, 0.1) is 5.56 Å². The molecule has 4 rings (SSSR count). The lowest BCUT2D eigenvalue weighted by molar-refractivity contribution is 0.0697. The Balaban J connectivity index is 1.43. The predicted octanol–water partition coefficient (Wildman–Crippen LogP) is 2.57. The Bertz CT molecular complexity index is 1200. The van der Waals surface area contributed by atoms with Crippen LogP contribution >= 0.6 is 0 Å². The summed E-state index contributed by atoms with van der Waals surface area (Å²) in [7, 11) is -4.13. The molecule has 2 heterocycles. The second kappa shape index (κ2) is 8.48. The van der Waals surface area contributed by atoms with Crippen LogP contribution in [0.5, 0.6) is 0 Å². The van der Waals surface area contributed by atoms with Crippen LogP contribution in [0, 0.1) is 11.6 Å². The number of carbonyl (C=O) groups excluding carboxylic acids is 1. The maximum atomic E-state index is 14.0. The van der Waals surface area contributed by atoms with Crippen molar-refractivity contribution in [2.45, 2.75) is 4.90 Å². The summed E-state index contributed by atoms with van der Waals surface area (Å²) in [5, 5.41) is 0. The monoisotopic (exact) mass is 444 g/mol. The number of aromatic nitrogens is 2. The average molecular weight is 444 g/mol. The van der Waals surface area contributed by atoms with E-state index in [-0.39, 0.29) is 32.1 Å². The van der Waals surface area contributed by atoms with Crippen LogP contribution in [0.25, 0.3) is 11.4 Å². The Morgan fingerprint density at radius 1 is 0.903 bits per heavy atom. The van der Waals surface area contributed by atoms with Gasteiger partial charge in [-0.25, -0.2) is 27.2 Å². The molecule has 0 bridgehead atoms. The number of nitrogens with zero attached hydrogens (tertiary/aromatic N) is 4. The molecular weight excluding hydrogens is 426 g/mol. The fourth-order valence-electron chi connectivity index (χ4n) is 3.31. The fraction of sp³-hybridized carbons (Fsp3) is 0.190. The number of halogens is 2. The van der Waals surface area contributed by atoms with Crippen molar-refractivity contribution in [1.29, 1.82) is 0 Å². The topological polar surface area (TPSA) is 83.5 Å². The van der Waals surface area contributed by atoms with Gasteiger partial charge in [0.25, 0.3) is 5.91 Å². The van der Waals surface area contributed by atoms with Crippen molar-refractivity contribution in [2.75, 3.05) is 26.2 Å². The number of rotatable bonds is 4. The molecule has 1 aliphatic heterocycles. The van der Waals surface area contributed by atoms with E-state index in [0.717, 1.165) is 22.0 Å². The summed E-state index contributed by atoms with van der Waals surface area (Å²) in [6.07, 6.45) is 2.88. The molecule has 0 spiro atoms. The summed E-state index contributed by atoms with van der Waals surface area (Å²) in [5.41, 5.74) is 1.12. The Hall–Kier alpha value is -3.24. The molecule has 10 heteroatoms. The van der Waals surface area contributed by atoms with E-state index in [1.807, 2.05) is 30.3 Å². The van der Waals surface area contributed by atoms with Gasteiger partial charge >= 0.3 is 0 Å². The number of hydrogen-bond donors (Lipinski definition) is 0. The van der Waals surface area contributed by atoms with Gasteiger partial charge < -0.3 is 4.90 Å². The molecule has 0 atom stereocenters. The fourth-order valence-corrected chi connectivity index (χ4v) is 4.78. The Morgan fingerprint density at radius 2 is 1.55 bits per heavy atom. The number of sulfonamides is 1. The largest absolute Gasteiger partial charge is 0.336 e. The molecule has 0 aliphatic carbocycles. The molecule has 3 aromatic rings. The zero-order valence-electron chi connectivity index (χ0n) is 16.3. The van der Waals surface area contributed by atoms with Gasteiger partial charge in [0.2, 0.25) is 10.0 Å². The third-order valence-corrected chi connectivity index (χ3v) is 6.90. The summed E-state index contributed by atoms with van der Waals surface area (Å²) in [6.45, 7) is 0.240. The van der Waals surface area contributed by atoms with Crippen molar-refractivity contribution in [2.24, 2.45) is 0 Å². The molecule has 7 nitrogen and oxygen atoms in total. The molecule has 0 saturated carbocycles. The number of benzene rings is 2. The van der Waals surface area contributed by atoms with Crippen LogP contribution in [-0.4, -0.2) is 59.7 Å². The highest BCUT2D eigenvalue weighted by molar-refractivity contribution is 7.89. The minimum atomic E-state index is -4.13. The minimum absolute atomic E-state index is 0.00611. The van der Waals surface area contributed by atoms with Crippen LogP contribution in [0.15, 0.2) is 65.8 Å². The van der Waals surface area contributed by atoms with Gasteiger partial charge in [-0.05, 0) is 12.1 Å². The average Bonchev–Trinajstić information content (AvgIpc) is 2.79. The van der Waals surface area contributed by atoms with E-state index in [2.05, 4.69) is 9.97 Å². The van der Waals surface area contributed by atoms with E-state index in [0.29, 0.717) is 17.5 Å². The summed E-state index contributed by atoms with van der Waals surface area (Å²) < 4.78 is 53.5. The van der Waals surface area contributed by atoms with Gasteiger partial charge in [0.15, 0.2) is 5.82 Å². The van der Waals surface area contributed by atoms with Crippen molar-refractivity contribution in [3.8, 4) is 11.4 Å². The second-order valence-electron chi connectivity index (χ2n) is 6.93. The normalized spacial score (nSPS) is 15.1. The van der Waals surface area contributed by atoms with Crippen molar-refractivity contribution < 1.29 is 22.0 Å². The molecule has 1 saturated heterocycles. The highest BCUT2D eigenvalue weighted by Gasteiger charge is 2.32. The molecule has 0 unspecified atom stereocenters. The lowest BCUT2D eigenvalue weighted by Crippen LogP contribution is -2.50. The van der Waals surface area contributed by atoms with E-state index < -0.39 is 26.6 Å². The van der Waals surface area contributed by atoms with E-state index in [1.54, 1.807) is 0 Å². The van der Waals surface area contributed by atoms with Crippen LogP contribution < -0.4 is 0 Å². The van der Waals surface area contributed by atoms with E-state index >= 15 is 0 Å². The smallest absolute Gasteiger partial charge is 0.257 e. The highest BCUT2D eigenvalue weighted by Crippen LogP contribution is 2.22. The first-order valence-corrected chi connectivity index (χ1v) is 10.9. The molecule has 160 valence electrons. The van der Waals surface area contributed by atoms with Gasteiger partial charge in [0, 0.05) is 50.2 Å². The SMILES string of the molecule is O=C(c1cnc(-c2ccccc2)nc1)N1CCN(S(=O)(=O)c2ccc(F)cc2F)CC1. The second-order valence-corrected chi connectivity index (χ2v) is 8.84. The number of carbonyl (C=O) groups is 1. The third kappa shape index (κ3) is 4.30. The first kappa shape index (κ1) is 21.0. The first-order valence-electron chi connectivity index (χ1n) is 9.48. The summed E-state index contributed by atoms with van der Waals surface area (Å²) in [4.78, 5) is 22.1. The van der Waals surface area contributed by atoms with Gasteiger partial charge in [0.1, 0.15) is 16.5 Å². The van der Waals surface area contributed by atoms with Crippen molar-refractivity contribution in [1.82, 2.24) is 19.2 Å². The van der Waals surface area contributed by atoms with E-state index in [9.17, 15) is 22.0 Å². The standard InChI is InChI=1S/C21H18F2N4O3S/c22-17-6-7-19(18(23)12-17)31(29,30)27-10-8-26(9-11-27)21(28)16-13-24-20(25-14-16)15-4-2-1-3-5-15/h1-7,12-14H,8-11H2. The Labute approximate surface area is 178 Å². The van der Waals surface area contributed by atoms with E-state index in [4.69, 9.17) is 0 Å². The van der Waals surface area contributed by atoms with Crippen LogP contribution in [0.4, 0.5) is 8.78 Å².